The third kappa shape index (κ3) is 4.82. The van der Waals surface area contributed by atoms with Crippen molar-refractivity contribution in [1.29, 1.82) is 0 Å². The molecule has 2 heterocycles. The molecular weight excluding hydrogens is 424 g/mol. The lowest BCUT2D eigenvalue weighted by Gasteiger charge is -2.36. The van der Waals surface area contributed by atoms with Gasteiger partial charge in [-0.25, -0.2) is 0 Å². The van der Waals surface area contributed by atoms with Crippen molar-refractivity contribution in [3.63, 3.8) is 0 Å². The summed E-state index contributed by atoms with van der Waals surface area (Å²) in [7, 11) is 0. The molecule has 6 nitrogen and oxygen atoms in total. The first kappa shape index (κ1) is 22.2. The molecule has 174 valence electrons. The lowest BCUT2D eigenvalue weighted by atomic mass is 10.1. The van der Waals surface area contributed by atoms with Crippen molar-refractivity contribution in [2.24, 2.45) is 0 Å². The second-order valence-corrected chi connectivity index (χ2v) is 9.01. The molecule has 5 rings (SSSR count). The predicted octanol–water partition coefficient (Wildman–Crippen LogP) is 4.17. The molecular formula is C28H30N4O2. The average molecular weight is 455 g/mol. The number of nitrogens with zero attached hydrogens (tertiary/aromatic N) is 3. The summed E-state index contributed by atoms with van der Waals surface area (Å²) < 4.78 is 0. The Morgan fingerprint density at radius 2 is 1.59 bits per heavy atom. The number of nitrogens with one attached hydrogen (secondary N) is 1. The number of anilines is 3. The Hall–Kier alpha value is -3.64. The fourth-order valence-corrected chi connectivity index (χ4v) is 4.83. The lowest BCUT2D eigenvalue weighted by molar-refractivity contribution is -0.116. The zero-order valence-electron chi connectivity index (χ0n) is 19.5. The summed E-state index contributed by atoms with van der Waals surface area (Å²) in [6.07, 6.45) is 0.781. The van der Waals surface area contributed by atoms with E-state index in [0.717, 1.165) is 56.1 Å². The number of rotatable bonds is 5. The van der Waals surface area contributed by atoms with E-state index in [2.05, 4.69) is 57.6 Å². The van der Waals surface area contributed by atoms with Crippen LogP contribution in [-0.4, -0.2) is 49.4 Å². The monoisotopic (exact) mass is 454 g/mol. The molecule has 0 atom stereocenters. The SMILES string of the molecule is CC(=O)N1CCc2cc(C(=O)Nc3ccc(N4CCN(Cc5ccccc5)CC4)cc3)ccc21. The molecule has 2 amide bonds. The van der Waals surface area contributed by atoms with Crippen molar-refractivity contribution in [2.45, 2.75) is 19.9 Å². The van der Waals surface area contributed by atoms with E-state index in [4.69, 9.17) is 0 Å². The summed E-state index contributed by atoms with van der Waals surface area (Å²) in [5.74, 6) is -0.0972. The molecule has 0 bridgehead atoms. The molecule has 0 radical (unpaired) electrons. The number of carbonyl (C=O) groups is 2. The Morgan fingerprint density at radius 1 is 0.853 bits per heavy atom. The van der Waals surface area contributed by atoms with Crippen LogP contribution in [-0.2, 0) is 17.8 Å². The molecule has 0 spiro atoms. The third-order valence-corrected chi connectivity index (χ3v) is 6.73. The first-order valence-electron chi connectivity index (χ1n) is 11.9. The molecule has 3 aromatic carbocycles. The van der Waals surface area contributed by atoms with Gasteiger partial charge in [-0.05, 0) is 60.0 Å². The van der Waals surface area contributed by atoms with Crippen LogP contribution in [0.2, 0.25) is 0 Å². The number of piperazine rings is 1. The highest BCUT2D eigenvalue weighted by Crippen LogP contribution is 2.29. The van der Waals surface area contributed by atoms with Crippen LogP contribution in [0.4, 0.5) is 17.1 Å². The van der Waals surface area contributed by atoms with E-state index < -0.39 is 0 Å². The first-order chi connectivity index (χ1) is 16.6. The van der Waals surface area contributed by atoms with E-state index in [0.29, 0.717) is 12.1 Å². The van der Waals surface area contributed by atoms with Gasteiger partial charge in [0.2, 0.25) is 5.91 Å². The molecule has 6 heteroatoms. The van der Waals surface area contributed by atoms with Gasteiger partial charge in [-0.15, -0.1) is 0 Å². The second kappa shape index (κ2) is 9.69. The van der Waals surface area contributed by atoms with Gasteiger partial charge in [0.05, 0.1) is 0 Å². The summed E-state index contributed by atoms with van der Waals surface area (Å²) in [5.41, 5.74) is 5.89. The van der Waals surface area contributed by atoms with E-state index in [-0.39, 0.29) is 11.8 Å². The fourth-order valence-electron chi connectivity index (χ4n) is 4.83. The van der Waals surface area contributed by atoms with Crippen LogP contribution < -0.4 is 15.1 Å². The smallest absolute Gasteiger partial charge is 0.255 e. The van der Waals surface area contributed by atoms with Crippen LogP contribution in [0.1, 0.15) is 28.4 Å². The van der Waals surface area contributed by atoms with Gasteiger partial charge in [0.15, 0.2) is 0 Å². The van der Waals surface area contributed by atoms with Gasteiger partial charge in [0, 0.05) is 68.8 Å². The predicted molar refractivity (Wildman–Crippen MR) is 137 cm³/mol. The van der Waals surface area contributed by atoms with E-state index in [1.165, 1.54) is 11.3 Å². The Kier molecular flexibility index (Phi) is 6.32. The van der Waals surface area contributed by atoms with Gasteiger partial charge in [-0.1, -0.05) is 30.3 Å². The number of hydrogen-bond acceptors (Lipinski definition) is 4. The maximum absolute atomic E-state index is 12.8. The van der Waals surface area contributed by atoms with Crippen LogP contribution in [0.5, 0.6) is 0 Å². The Balaban J connectivity index is 1.16. The van der Waals surface area contributed by atoms with Crippen LogP contribution in [0.3, 0.4) is 0 Å². The minimum absolute atomic E-state index is 0.0358. The Labute approximate surface area is 200 Å². The topological polar surface area (TPSA) is 55.9 Å². The van der Waals surface area contributed by atoms with Gasteiger partial charge in [-0.3, -0.25) is 14.5 Å². The first-order valence-corrected chi connectivity index (χ1v) is 11.9. The molecule has 1 saturated heterocycles. The van der Waals surface area contributed by atoms with Crippen molar-refractivity contribution in [3.05, 3.63) is 89.5 Å². The van der Waals surface area contributed by atoms with E-state index in [9.17, 15) is 9.59 Å². The maximum atomic E-state index is 12.8. The van der Waals surface area contributed by atoms with E-state index >= 15 is 0 Å². The summed E-state index contributed by atoms with van der Waals surface area (Å²) in [6, 6.07) is 24.3. The molecule has 34 heavy (non-hydrogen) atoms. The number of amides is 2. The van der Waals surface area contributed by atoms with Crippen LogP contribution in [0.25, 0.3) is 0 Å². The van der Waals surface area contributed by atoms with Gasteiger partial charge in [-0.2, -0.15) is 0 Å². The quantitative estimate of drug-likeness (QED) is 0.629. The number of fused-ring (bicyclic) bond motifs is 1. The highest BCUT2D eigenvalue weighted by molar-refractivity contribution is 6.05. The normalized spacial score (nSPS) is 15.8. The molecule has 1 N–H and O–H groups in total. The van der Waals surface area contributed by atoms with Crippen molar-refractivity contribution in [2.75, 3.05) is 47.8 Å². The van der Waals surface area contributed by atoms with Gasteiger partial charge < -0.3 is 15.1 Å². The van der Waals surface area contributed by atoms with Crippen LogP contribution >= 0.6 is 0 Å². The Morgan fingerprint density at radius 3 is 2.29 bits per heavy atom. The number of benzene rings is 3. The standard InChI is InChI=1S/C28H30N4O2/c1-21(33)32-14-13-23-19-24(7-12-27(23)32)28(34)29-25-8-10-26(11-9-25)31-17-15-30(16-18-31)20-22-5-3-2-4-6-22/h2-12,19H,13-18,20H2,1H3,(H,29,34). The highest BCUT2D eigenvalue weighted by atomic mass is 16.2. The Bertz CT molecular complexity index is 1170. The number of carbonyl (C=O) groups excluding carboxylic acids is 2. The van der Waals surface area contributed by atoms with E-state index in [1.54, 1.807) is 17.9 Å². The maximum Gasteiger partial charge on any atom is 0.255 e. The fraction of sp³-hybridized carbons (Fsp3) is 0.286. The molecule has 2 aliphatic heterocycles. The van der Waals surface area contributed by atoms with Crippen molar-refractivity contribution < 1.29 is 9.59 Å². The van der Waals surface area contributed by atoms with Crippen LogP contribution in [0.15, 0.2) is 72.8 Å². The molecule has 0 aliphatic carbocycles. The lowest BCUT2D eigenvalue weighted by Crippen LogP contribution is -2.45. The molecule has 0 saturated carbocycles. The summed E-state index contributed by atoms with van der Waals surface area (Å²) in [6.45, 7) is 7.30. The average Bonchev–Trinajstić information content (AvgIpc) is 3.29. The second-order valence-electron chi connectivity index (χ2n) is 9.01. The summed E-state index contributed by atoms with van der Waals surface area (Å²) >= 11 is 0. The highest BCUT2D eigenvalue weighted by Gasteiger charge is 2.23. The molecule has 1 fully saturated rings. The number of hydrogen-bond donors (Lipinski definition) is 1. The molecule has 0 aromatic heterocycles. The minimum atomic E-state index is -0.133. The summed E-state index contributed by atoms with van der Waals surface area (Å²) in [5, 5.41) is 3.00. The molecule has 3 aromatic rings. The zero-order chi connectivity index (χ0) is 23.5. The van der Waals surface area contributed by atoms with Crippen molar-refractivity contribution in [3.8, 4) is 0 Å². The zero-order valence-corrected chi connectivity index (χ0v) is 19.5. The third-order valence-electron chi connectivity index (χ3n) is 6.73. The van der Waals surface area contributed by atoms with E-state index in [1.807, 2.05) is 24.3 Å². The van der Waals surface area contributed by atoms with Gasteiger partial charge in [0.1, 0.15) is 0 Å². The van der Waals surface area contributed by atoms with Crippen molar-refractivity contribution >= 4 is 28.9 Å². The molecule has 0 unspecified atom stereocenters. The minimum Gasteiger partial charge on any atom is -0.369 e. The largest absolute Gasteiger partial charge is 0.369 e. The molecule has 2 aliphatic rings. The summed E-state index contributed by atoms with van der Waals surface area (Å²) in [4.78, 5) is 31.2. The van der Waals surface area contributed by atoms with Crippen molar-refractivity contribution in [1.82, 2.24) is 4.90 Å². The van der Waals surface area contributed by atoms with Gasteiger partial charge in [0.25, 0.3) is 5.91 Å². The van der Waals surface area contributed by atoms with Crippen LogP contribution in [0, 0.1) is 0 Å². The van der Waals surface area contributed by atoms with Gasteiger partial charge >= 0.3 is 0 Å².